The molecule has 0 aliphatic carbocycles. The molecule has 0 heterocycles. The summed E-state index contributed by atoms with van der Waals surface area (Å²) in [6, 6.07) is 14.1. The van der Waals surface area contributed by atoms with Gasteiger partial charge in [-0.2, -0.15) is 0 Å². The molecule has 1 nitrogen and oxygen atoms in total. The van der Waals surface area contributed by atoms with E-state index in [9.17, 15) is 4.79 Å². The van der Waals surface area contributed by atoms with Gasteiger partial charge < -0.3 is 0 Å². The van der Waals surface area contributed by atoms with Crippen LogP contribution in [0.1, 0.15) is 32.6 Å². The van der Waals surface area contributed by atoms with Crippen LogP contribution < -0.4 is 0 Å². The van der Waals surface area contributed by atoms with Gasteiger partial charge in [-0.15, -0.1) is 0 Å². The summed E-state index contributed by atoms with van der Waals surface area (Å²) >= 11 is 0. The summed E-state index contributed by atoms with van der Waals surface area (Å²) in [4.78, 5) is 10.7. The Morgan fingerprint density at radius 3 is 2.59 bits per heavy atom. The smallest absolute Gasteiger partial charge is 0.150 e. The van der Waals surface area contributed by atoms with Crippen molar-refractivity contribution < 1.29 is 4.79 Å². The summed E-state index contributed by atoms with van der Waals surface area (Å²) in [6.07, 6.45) is 1.78. The number of aldehydes is 1. The van der Waals surface area contributed by atoms with Crippen molar-refractivity contribution in [1.29, 1.82) is 0 Å². The van der Waals surface area contributed by atoms with Crippen molar-refractivity contribution in [2.45, 2.75) is 20.3 Å². The number of aryl methyl sites for hydroxylation is 1. The molecule has 0 fully saturated rings. The maximum atomic E-state index is 10.7. The summed E-state index contributed by atoms with van der Waals surface area (Å²) in [5.74, 6) is 0. The normalized spacial score (nSPS) is 10.2. The van der Waals surface area contributed by atoms with Gasteiger partial charge in [-0.25, -0.2) is 0 Å². The van der Waals surface area contributed by atoms with Crippen molar-refractivity contribution in [3.05, 3.63) is 70.3 Å². The molecule has 2 rings (SSSR count). The molecular formula is C16H16O. The second-order valence-electron chi connectivity index (χ2n) is 4.40. The quantitative estimate of drug-likeness (QED) is 0.726. The van der Waals surface area contributed by atoms with Gasteiger partial charge in [0.05, 0.1) is 0 Å². The predicted octanol–water partition coefficient (Wildman–Crippen LogP) is 3.71. The lowest BCUT2D eigenvalue weighted by molar-refractivity contribution is 0.112. The third kappa shape index (κ3) is 2.62. The average Bonchev–Trinajstić information content (AvgIpc) is 2.35. The van der Waals surface area contributed by atoms with Crippen molar-refractivity contribution in [2.24, 2.45) is 0 Å². The Bertz CT molecular complexity index is 541. The minimum Gasteiger partial charge on any atom is -0.298 e. The van der Waals surface area contributed by atoms with Crippen molar-refractivity contribution in [2.75, 3.05) is 0 Å². The largest absolute Gasteiger partial charge is 0.298 e. The van der Waals surface area contributed by atoms with E-state index < -0.39 is 0 Å². The van der Waals surface area contributed by atoms with E-state index in [0.29, 0.717) is 0 Å². The molecular weight excluding hydrogens is 208 g/mol. The summed E-state index contributed by atoms with van der Waals surface area (Å²) in [5.41, 5.74) is 5.90. The first kappa shape index (κ1) is 11.6. The van der Waals surface area contributed by atoms with E-state index in [4.69, 9.17) is 0 Å². The van der Waals surface area contributed by atoms with Gasteiger partial charge in [-0.05, 0) is 48.6 Å². The highest BCUT2D eigenvalue weighted by atomic mass is 16.1. The fourth-order valence-electron chi connectivity index (χ4n) is 2.00. The molecule has 0 radical (unpaired) electrons. The third-order valence-corrected chi connectivity index (χ3v) is 3.20. The van der Waals surface area contributed by atoms with Crippen LogP contribution in [0.5, 0.6) is 0 Å². The van der Waals surface area contributed by atoms with Crippen molar-refractivity contribution in [1.82, 2.24) is 0 Å². The van der Waals surface area contributed by atoms with Gasteiger partial charge >= 0.3 is 0 Å². The first-order chi connectivity index (χ1) is 8.20. The molecule has 17 heavy (non-hydrogen) atoms. The first-order valence-corrected chi connectivity index (χ1v) is 5.80. The van der Waals surface area contributed by atoms with Crippen LogP contribution in [-0.2, 0) is 6.42 Å². The molecule has 0 saturated carbocycles. The van der Waals surface area contributed by atoms with Crippen LogP contribution in [0.3, 0.4) is 0 Å². The molecule has 86 valence electrons. The number of rotatable bonds is 3. The highest BCUT2D eigenvalue weighted by Crippen LogP contribution is 2.17. The monoisotopic (exact) mass is 224 g/mol. The van der Waals surface area contributed by atoms with Crippen LogP contribution in [0.2, 0.25) is 0 Å². The summed E-state index contributed by atoms with van der Waals surface area (Å²) in [5, 5.41) is 0. The molecule has 2 aromatic rings. The Labute approximate surface area is 102 Å². The number of hydrogen-bond donors (Lipinski definition) is 0. The fraction of sp³-hybridized carbons (Fsp3) is 0.188. The van der Waals surface area contributed by atoms with E-state index in [2.05, 4.69) is 38.1 Å². The molecule has 0 atom stereocenters. The summed E-state index contributed by atoms with van der Waals surface area (Å²) in [6.45, 7) is 4.27. The van der Waals surface area contributed by atoms with Crippen molar-refractivity contribution in [3.8, 4) is 0 Å². The molecule has 0 aromatic heterocycles. The Kier molecular flexibility index (Phi) is 3.38. The minimum absolute atomic E-state index is 0.743. The van der Waals surface area contributed by atoms with Crippen LogP contribution in [0.25, 0.3) is 0 Å². The lowest BCUT2D eigenvalue weighted by Gasteiger charge is -2.08. The van der Waals surface area contributed by atoms with Gasteiger partial charge in [-0.3, -0.25) is 4.79 Å². The standard InChI is InChI=1S/C16H16O/c1-12-5-3-8-16(13(12)2)10-14-6-4-7-15(9-14)11-17/h3-9,11H,10H2,1-2H3. The van der Waals surface area contributed by atoms with E-state index in [1.807, 2.05) is 18.2 Å². The number of hydrogen-bond acceptors (Lipinski definition) is 1. The highest BCUT2D eigenvalue weighted by Gasteiger charge is 2.02. The lowest BCUT2D eigenvalue weighted by atomic mass is 9.97. The van der Waals surface area contributed by atoms with E-state index >= 15 is 0 Å². The molecule has 0 aliphatic heterocycles. The van der Waals surface area contributed by atoms with Gasteiger partial charge in [0.15, 0.2) is 0 Å². The first-order valence-electron chi connectivity index (χ1n) is 5.80. The minimum atomic E-state index is 0.743. The Balaban J connectivity index is 2.31. The second-order valence-corrected chi connectivity index (χ2v) is 4.40. The van der Waals surface area contributed by atoms with Gasteiger partial charge in [0, 0.05) is 5.56 Å². The Morgan fingerprint density at radius 2 is 1.82 bits per heavy atom. The van der Waals surface area contributed by atoms with Crippen LogP contribution in [0, 0.1) is 13.8 Å². The predicted molar refractivity (Wildman–Crippen MR) is 70.6 cm³/mol. The Hall–Kier alpha value is -1.89. The molecule has 0 unspecified atom stereocenters. The van der Waals surface area contributed by atoms with Crippen LogP contribution >= 0.6 is 0 Å². The van der Waals surface area contributed by atoms with Crippen LogP contribution in [0.4, 0.5) is 0 Å². The highest BCUT2D eigenvalue weighted by molar-refractivity contribution is 5.75. The fourth-order valence-corrected chi connectivity index (χ4v) is 2.00. The molecule has 0 bridgehead atoms. The zero-order valence-electron chi connectivity index (χ0n) is 10.2. The van der Waals surface area contributed by atoms with Gasteiger partial charge in [0.2, 0.25) is 0 Å². The van der Waals surface area contributed by atoms with E-state index in [0.717, 1.165) is 18.3 Å². The second kappa shape index (κ2) is 4.96. The van der Waals surface area contributed by atoms with Crippen molar-refractivity contribution >= 4 is 6.29 Å². The number of benzene rings is 2. The zero-order chi connectivity index (χ0) is 12.3. The number of carbonyl (C=O) groups excluding carboxylic acids is 1. The SMILES string of the molecule is Cc1cccc(Cc2cccc(C=O)c2)c1C. The molecule has 0 spiro atoms. The van der Waals surface area contributed by atoms with E-state index in [1.54, 1.807) is 0 Å². The van der Waals surface area contributed by atoms with Gasteiger partial charge in [0.25, 0.3) is 0 Å². The topological polar surface area (TPSA) is 17.1 Å². The van der Waals surface area contributed by atoms with Crippen LogP contribution in [-0.4, -0.2) is 6.29 Å². The van der Waals surface area contributed by atoms with Crippen molar-refractivity contribution in [3.63, 3.8) is 0 Å². The lowest BCUT2D eigenvalue weighted by Crippen LogP contribution is -1.94. The summed E-state index contributed by atoms with van der Waals surface area (Å²) < 4.78 is 0. The maximum Gasteiger partial charge on any atom is 0.150 e. The molecule has 0 N–H and O–H groups in total. The molecule has 2 aromatic carbocycles. The molecule has 0 aliphatic rings. The van der Waals surface area contributed by atoms with E-state index in [-0.39, 0.29) is 0 Å². The van der Waals surface area contributed by atoms with Gasteiger partial charge in [-0.1, -0.05) is 36.4 Å². The third-order valence-electron chi connectivity index (χ3n) is 3.20. The molecule has 0 saturated heterocycles. The summed E-state index contributed by atoms with van der Waals surface area (Å²) in [7, 11) is 0. The molecule has 1 heteroatoms. The molecule has 0 amide bonds. The van der Waals surface area contributed by atoms with Crippen LogP contribution in [0.15, 0.2) is 42.5 Å². The van der Waals surface area contributed by atoms with Gasteiger partial charge in [0.1, 0.15) is 6.29 Å². The van der Waals surface area contributed by atoms with E-state index in [1.165, 1.54) is 22.3 Å². The maximum absolute atomic E-state index is 10.7. The zero-order valence-corrected chi connectivity index (χ0v) is 10.2. The Morgan fingerprint density at radius 1 is 1.06 bits per heavy atom. The average molecular weight is 224 g/mol. The number of carbonyl (C=O) groups is 1.